The Bertz CT molecular complexity index is 845. The fraction of sp³-hybridized carbons (Fsp3) is 0.250. The number of ether oxygens (including phenoxy) is 1. The summed E-state index contributed by atoms with van der Waals surface area (Å²) in [5, 5.41) is 2.62. The fourth-order valence-electron chi connectivity index (χ4n) is 2.93. The second-order valence-electron chi connectivity index (χ2n) is 6.14. The lowest BCUT2D eigenvalue weighted by atomic mass is 10.1. The summed E-state index contributed by atoms with van der Waals surface area (Å²) >= 11 is 0. The molecule has 6 nitrogen and oxygen atoms in total. The first-order valence-corrected chi connectivity index (χ1v) is 8.35. The topological polar surface area (TPSA) is 75.7 Å². The molecular formula is C20H20N2O4. The van der Waals surface area contributed by atoms with Crippen LogP contribution in [0.25, 0.3) is 0 Å². The van der Waals surface area contributed by atoms with Crippen molar-refractivity contribution in [2.24, 2.45) is 0 Å². The van der Waals surface area contributed by atoms with Crippen LogP contribution in [0.3, 0.4) is 0 Å². The summed E-state index contributed by atoms with van der Waals surface area (Å²) in [5.41, 5.74) is 2.02. The molecule has 1 heterocycles. The quantitative estimate of drug-likeness (QED) is 0.807. The number of Topliss-reactive ketones (excluding diaryl/α,β-unsaturated/α-hetero) is 1. The van der Waals surface area contributed by atoms with E-state index in [1.165, 1.54) is 4.90 Å². The molecule has 6 heteroatoms. The van der Waals surface area contributed by atoms with E-state index in [1.807, 2.05) is 12.1 Å². The molecule has 134 valence electrons. The summed E-state index contributed by atoms with van der Waals surface area (Å²) in [5.74, 6) is -0.0618. The van der Waals surface area contributed by atoms with E-state index in [-0.39, 0.29) is 24.1 Å². The summed E-state index contributed by atoms with van der Waals surface area (Å²) in [6, 6.07) is 13.3. The molecule has 2 aromatic carbocycles. The molecule has 1 aliphatic heterocycles. The van der Waals surface area contributed by atoms with Gasteiger partial charge in [0.2, 0.25) is 5.91 Å². The number of fused-ring (bicyclic) bond motifs is 1. The summed E-state index contributed by atoms with van der Waals surface area (Å²) in [7, 11) is 1.55. The smallest absolute Gasteiger partial charge is 0.255 e. The first kappa shape index (κ1) is 17.7. The Kier molecular flexibility index (Phi) is 5.02. The van der Waals surface area contributed by atoms with Gasteiger partial charge in [0, 0.05) is 17.7 Å². The highest BCUT2D eigenvalue weighted by atomic mass is 16.5. The van der Waals surface area contributed by atoms with Gasteiger partial charge in [-0.3, -0.25) is 14.4 Å². The number of carbonyl (C=O) groups is 3. The van der Waals surface area contributed by atoms with E-state index < -0.39 is 6.04 Å². The lowest BCUT2D eigenvalue weighted by molar-refractivity contribution is -0.125. The third-order valence-electron chi connectivity index (χ3n) is 4.53. The summed E-state index contributed by atoms with van der Waals surface area (Å²) in [4.78, 5) is 38.5. The highest BCUT2D eigenvalue weighted by molar-refractivity contribution is 6.02. The van der Waals surface area contributed by atoms with E-state index in [2.05, 4.69) is 5.32 Å². The van der Waals surface area contributed by atoms with E-state index in [1.54, 1.807) is 50.4 Å². The Labute approximate surface area is 151 Å². The maximum absolute atomic E-state index is 12.4. The average molecular weight is 352 g/mol. The van der Waals surface area contributed by atoms with Crippen LogP contribution in [-0.2, 0) is 11.3 Å². The molecule has 0 aromatic heterocycles. The molecule has 2 aromatic rings. The van der Waals surface area contributed by atoms with Crippen molar-refractivity contribution in [2.45, 2.75) is 19.5 Å². The molecule has 3 rings (SSSR count). The number of nitrogens with one attached hydrogen (secondary N) is 1. The summed E-state index contributed by atoms with van der Waals surface area (Å²) in [6.45, 7) is 1.94. The first-order chi connectivity index (χ1) is 12.5. The van der Waals surface area contributed by atoms with Crippen LogP contribution in [0, 0.1) is 0 Å². The largest absolute Gasteiger partial charge is 0.497 e. The third kappa shape index (κ3) is 3.44. The molecule has 26 heavy (non-hydrogen) atoms. The standard InChI is InChI=1S/C20H20N2O4/c1-13(22-12-15-5-3-4-6-17(15)20(22)25)19(24)21-11-18(23)14-7-9-16(26-2)10-8-14/h3-10,13H,11-12H2,1-2H3,(H,21,24)/t13-/m0/s1. The first-order valence-electron chi connectivity index (χ1n) is 8.35. The Hall–Kier alpha value is -3.15. The number of amides is 2. The van der Waals surface area contributed by atoms with Gasteiger partial charge in [0.15, 0.2) is 5.78 Å². The van der Waals surface area contributed by atoms with Gasteiger partial charge < -0.3 is 15.0 Å². The number of nitrogens with zero attached hydrogens (tertiary/aromatic N) is 1. The number of rotatable bonds is 6. The van der Waals surface area contributed by atoms with Crippen molar-refractivity contribution >= 4 is 17.6 Å². The Morgan fingerprint density at radius 1 is 1.15 bits per heavy atom. The maximum atomic E-state index is 12.4. The molecule has 0 saturated heterocycles. The highest BCUT2D eigenvalue weighted by Gasteiger charge is 2.33. The third-order valence-corrected chi connectivity index (χ3v) is 4.53. The van der Waals surface area contributed by atoms with Gasteiger partial charge in [-0.2, -0.15) is 0 Å². The zero-order chi connectivity index (χ0) is 18.7. The SMILES string of the molecule is COc1ccc(C(=O)CNC(=O)[C@H](C)N2Cc3ccccc3C2=O)cc1. The second kappa shape index (κ2) is 7.39. The van der Waals surface area contributed by atoms with Crippen molar-refractivity contribution in [1.29, 1.82) is 0 Å². The summed E-state index contributed by atoms with van der Waals surface area (Å²) in [6.07, 6.45) is 0. The van der Waals surface area contributed by atoms with Crippen molar-refractivity contribution in [2.75, 3.05) is 13.7 Å². The molecular weight excluding hydrogens is 332 g/mol. The van der Waals surface area contributed by atoms with Gasteiger partial charge in [-0.15, -0.1) is 0 Å². The predicted molar refractivity (Wildman–Crippen MR) is 96.1 cm³/mol. The van der Waals surface area contributed by atoms with Crippen LogP contribution in [0.2, 0.25) is 0 Å². The van der Waals surface area contributed by atoms with Crippen molar-refractivity contribution in [1.82, 2.24) is 10.2 Å². The van der Waals surface area contributed by atoms with Crippen molar-refractivity contribution < 1.29 is 19.1 Å². The molecule has 0 saturated carbocycles. The molecule has 0 bridgehead atoms. The number of benzene rings is 2. The van der Waals surface area contributed by atoms with Gasteiger partial charge in [0.25, 0.3) is 5.91 Å². The van der Waals surface area contributed by atoms with Crippen molar-refractivity contribution in [3.05, 3.63) is 65.2 Å². The Morgan fingerprint density at radius 2 is 1.85 bits per heavy atom. The number of hydrogen-bond donors (Lipinski definition) is 1. The van der Waals surface area contributed by atoms with Crippen LogP contribution in [0.1, 0.15) is 33.2 Å². The van der Waals surface area contributed by atoms with Gasteiger partial charge in [0.05, 0.1) is 13.7 Å². The summed E-state index contributed by atoms with van der Waals surface area (Å²) < 4.78 is 5.05. The molecule has 0 spiro atoms. The van der Waals surface area contributed by atoms with Gasteiger partial charge in [-0.25, -0.2) is 0 Å². The minimum Gasteiger partial charge on any atom is -0.497 e. The molecule has 0 fully saturated rings. The zero-order valence-corrected chi connectivity index (χ0v) is 14.7. The molecule has 0 radical (unpaired) electrons. The monoisotopic (exact) mass is 352 g/mol. The zero-order valence-electron chi connectivity index (χ0n) is 14.7. The minimum absolute atomic E-state index is 0.121. The normalized spacial score (nSPS) is 13.9. The van der Waals surface area contributed by atoms with E-state index >= 15 is 0 Å². The van der Waals surface area contributed by atoms with Gasteiger partial charge in [-0.1, -0.05) is 18.2 Å². The number of ketones is 1. The lowest BCUT2D eigenvalue weighted by Gasteiger charge is -2.23. The predicted octanol–water partition coefficient (Wildman–Crippen LogP) is 2.04. The second-order valence-corrected chi connectivity index (χ2v) is 6.14. The average Bonchev–Trinajstić information content (AvgIpc) is 3.02. The van der Waals surface area contributed by atoms with E-state index in [9.17, 15) is 14.4 Å². The molecule has 1 atom stereocenters. The number of hydrogen-bond acceptors (Lipinski definition) is 4. The van der Waals surface area contributed by atoms with E-state index in [0.717, 1.165) is 5.56 Å². The van der Waals surface area contributed by atoms with Crippen molar-refractivity contribution in [3.63, 3.8) is 0 Å². The van der Waals surface area contributed by atoms with Crippen LogP contribution in [0.5, 0.6) is 5.75 Å². The van der Waals surface area contributed by atoms with Crippen molar-refractivity contribution in [3.8, 4) is 5.75 Å². The molecule has 0 unspecified atom stereocenters. The van der Waals surface area contributed by atoms with Crippen LogP contribution < -0.4 is 10.1 Å². The number of methoxy groups -OCH3 is 1. The van der Waals surface area contributed by atoms with Crippen LogP contribution in [0.15, 0.2) is 48.5 Å². The molecule has 1 aliphatic rings. The lowest BCUT2D eigenvalue weighted by Crippen LogP contribution is -2.46. The molecule has 0 aliphatic carbocycles. The Balaban J connectivity index is 1.58. The van der Waals surface area contributed by atoms with Crippen LogP contribution in [0.4, 0.5) is 0 Å². The van der Waals surface area contributed by atoms with Crippen LogP contribution >= 0.6 is 0 Å². The fourth-order valence-corrected chi connectivity index (χ4v) is 2.93. The van der Waals surface area contributed by atoms with E-state index in [0.29, 0.717) is 23.4 Å². The minimum atomic E-state index is -0.654. The molecule has 2 amide bonds. The van der Waals surface area contributed by atoms with E-state index in [4.69, 9.17) is 4.74 Å². The van der Waals surface area contributed by atoms with Crippen LogP contribution in [-0.4, -0.2) is 42.2 Å². The van der Waals surface area contributed by atoms with Gasteiger partial charge >= 0.3 is 0 Å². The highest BCUT2D eigenvalue weighted by Crippen LogP contribution is 2.24. The maximum Gasteiger partial charge on any atom is 0.255 e. The van der Waals surface area contributed by atoms with Gasteiger partial charge in [0.1, 0.15) is 11.8 Å². The molecule has 1 N–H and O–H groups in total. The Morgan fingerprint density at radius 3 is 2.50 bits per heavy atom. The van der Waals surface area contributed by atoms with Gasteiger partial charge in [-0.05, 0) is 42.8 Å². The number of carbonyl (C=O) groups excluding carboxylic acids is 3.